The standard InChI is InChI=1S/C43H25N7Si/c44-26-30-19-31(27-45)22-35(21-30)42-48-41(49-43(50-42)36-23-32(28-46)20-33(24-36)29-47)34-11-10-18-40(25-34)51(37-12-4-1-5-13-37,38-14-6-2-7-15-38)39-16-8-3-9-17-39/h1-25H. The quantitative estimate of drug-likeness (QED) is 0.156. The number of hydrogen-bond donors (Lipinski definition) is 0. The molecule has 8 heteroatoms. The van der Waals surface area contributed by atoms with Crippen molar-refractivity contribution in [2.45, 2.75) is 0 Å². The van der Waals surface area contributed by atoms with Crippen LogP contribution in [-0.4, -0.2) is 23.0 Å². The summed E-state index contributed by atoms with van der Waals surface area (Å²) in [6.07, 6.45) is 0. The summed E-state index contributed by atoms with van der Waals surface area (Å²) in [6, 6.07) is 58.0. The van der Waals surface area contributed by atoms with Gasteiger partial charge >= 0.3 is 0 Å². The van der Waals surface area contributed by atoms with Gasteiger partial charge in [-0.3, -0.25) is 0 Å². The Morgan fingerprint density at radius 1 is 0.333 bits per heavy atom. The van der Waals surface area contributed by atoms with Gasteiger partial charge in [0.2, 0.25) is 0 Å². The maximum absolute atomic E-state index is 9.73. The van der Waals surface area contributed by atoms with Gasteiger partial charge in [-0.25, -0.2) is 15.0 Å². The summed E-state index contributed by atoms with van der Waals surface area (Å²) >= 11 is 0. The average molecular weight is 668 g/mol. The van der Waals surface area contributed by atoms with Crippen LogP contribution in [0.1, 0.15) is 22.3 Å². The van der Waals surface area contributed by atoms with Crippen molar-refractivity contribution in [2.24, 2.45) is 0 Å². The zero-order valence-electron chi connectivity index (χ0n) is 27.1. The highest BCUT2D eigenvalue weighted by atomic mass is 28.3. The molecule has 0 aliphatic carbocycles. The van der Waals surface area contributed by atoms with E-state index >= 15 is 0 Å². The van der Waals surface area contributed by atoms with E-state index in [4.69, 9.17) is 15.0 Å². The molecule has 0 fully saturated rings. The molecule has 1 aromatic heterocycles. The van der Waals surface area contributed by atoms with Crippen molar-refractivity contribution in [3.05, 3.63) is 174 Å². The lowest BCUT2D eigenvalue weighted by atomic mass is 10.0. The maximum Gasteiger partial charge on any atom is 0.179 e. The van der Waals surface area contributed by atoms with Gasteiger partial charge < -0.3 is 0 Å². The van der Waals surface area contributed by atoms with Crippen molar-refractivity contribution in [3.8, 4) is 58.4 Å². The monoisotopic (exact) mass is 667 g/mol. The minimum absolute atomic E-state index is 0.243. The summed E-state index contributed by atoms with van der Waals surface area (Å²) < 4.78 is 0. The zero-order chi connectivity index (χ0) is 35.2. The van der Waals surface area contributed by atoms with Crippen LogP contribution >= 0.6 is 0 Å². The predicted octanol–water partition coefficient (Wildman–Crippen LogP) is 5.74. The van der Waals surface area contributed by atoms with Gasteiger partial charge in [-0.05, 0) is 57.1 Å². The van der Waals surface area contributed by atoms with Crippen LogP contribution in [0.3, 0.4) is 0 Å². The van der Waals surface area contributed by atoms with Gasteiger partial charge in [0.15, 0.2) is 25.5 Å². The number of rotatable bonds is 7. The van der Waals surface area contributed by atoms with Crippen LogP contribution in [0.5, 0.6) is 0 Å². The van der Waals surface area contributed by atoms with Gasteiger partial charge in [0.05, 0.1) is 46.5 Å². The molecule has 6 aromatic carbocycles. The lowest BCUT2D eigenvalue weighted by Gasteiger charge is -2.34. The van der Waals surface area contributed by atoms with E-state index in [1.165, 1.54) is 27.7 Å². The minimum atomic E-state index is -2.88. The molecule has 0 atom stereocenters. The largest absolute Gasteiger partial charge is 0.208 e. The highest BCUT2D eigenvalue weighted by molar-refractivity contribution is 7.19. The minimum Gasteiger partial charge on any atom is -0.208 e. The van der Waals surface area contributed by atoms with Crippen molar-refractivity contribution in [3.63, 3.8) is 0 Å². The molecule has 0 saturated carbocycles. The van der Waals surface area contributed by atoms with E-state index in [1.807, 2.05) is 30.3 Å². The van der Waals surface area contributed by atoms with E-state index in [-0.39, 0.29) is 33.9 Å². The number of hydrogen-bond acceptors (Lipinski definition) is 7. The van der Waals surface area contributed by atoms with Crippen LogP contribution in [0.4, 0.5) is 0 Å². The van der Waals surface area contributed by atoms with E-state index in [0.29, 0.717) is 17.0 Å². The lowest BCUT2D eigenvalue weighted by molar-refractivity contribution is 1.07. The number of nitriles is 4. The second-order valence-electron chi connectivity index (χ2n) is 11.8. The van der Waals surface area contributed by atoms with Crippen LogP contribution in [0.2, 0.25) is 0 Å². The predicted molar refractivity (Wildman–Crippen MR) is 199 cm³/mol. The zero-order valence-corrected chi connectivity index (χ0v) is 28.1. The average Bonchev–Trinajstić information content (AvgIpc) is 3.21. The van der Waals surface area contributed by atoms with E-state index in [2.05, 4.69) is 109 Å². The first-order chi connectivity index (χ1) is 25.0. The summed E-state index contributed by atoms with van der Waals surface area (Å²) in [4.78, 5) is 14.6. The summed E-state index contributed by atoms with van der Waals surface area (Å²) in [7, 11) is -2.88. The fraction of sp³-hybridized carbons (Fsp3) is 0. The molecule has 0 spiro atoms. The Morgan fingerprint density at radius 3 is 1.02 bits per heavy atom. The number of nitrogens with zero attached hydrogens (tertiary/aromatic N) is 7. The Labute approximate surface area is 296 Å². The van der Waals surface area contributed by atoms with Gasteiger partial charge in [-0.2, -0.15) is 21.0 Å². The third-order valence-electron chi connectivity index (χ3n) is 8.71. The second-order valence-corrected chi connectivity index (χ2v) is 15.6. The van der Waals surface area contributed by atoms with Crippen LogP contribution in [0.15, 0.2) is 152 Å². The van der Waals surface area contributed by atoms with E-state index < -0.39 is 8.07 Å². The van der Waals surface area contributed by atoms with Crippen molar-refractivity contribution in [1.82, 2.24) is 15.0 Å². The Morgan fingerprint density at radius 2 is 0.667 bits per heavy atom. The highest BCUT2D eigenvalue weighted by Crippen LogP contribution is 2.27. The molecule has 7 nitrogen and oxygen atoms in total. The molecule has 1 heterocycles. The van der Waals surface area contributed by atoms with Gasteiger partial charge in [0, 0.05) is 16.7 Å². The van der Waals surface area contributed by atoms with Crippen LogP contribution in [-0.2, 0) is 0 Å². The second kappa shape index (κ2) is 13.9. The first-order valence-corrected chi connectivity index (χ1v) is 18.0. The summed E-state index contributed by atoms with van der Waals surface area (Å²) in [6.45, 7) is 0. The molecule has 7 aromatic rings. The Bertz CT molecular complexity index is 2320. The Kier molecular flexibility index (Phi) is 8.76. The third kappa shape index (κ3) is 6.15. The summed E-state index contributed by atoms with van der Waals surface area (Å²) in [5.74, 6) is 0.843. The van der Waals surface area contributed by atoms with Gasteiger partial charge in [0.1, 0.15) is 0 Å². The van der Waals surface area contributed by atoms with Crippen LogP contribution in [0.25, 0.3) is 34.2 Å². The first-order valence-electron chi connectivity index (χ1n) is 16.0. The van der Waals surface area contributed by atoms with E-state index in [0.717, 1.165) is 10.8 Å². The molecule has 0 aliphatic heterocycles. The molecule has 51 heavy (non-hydrogen) atoms. The fourth-order valence-corrected chi connectivity index (χ4v) is 11.3. The summed E-state index contributed by atoms with van der Waals surface area (Å²) in [5, 5.41) is 43.7. The van der Waals surface area contributed by atoms with Gasteiger partial charge in [-0.15, -0.1) is 0 Å². The lowest BCUT2D eigenvalue weighted by Crippen LogP contribution is -2.74. The smallest absolute Gasteiger partial charge is 0.179 e. The molecule has 0 amide bonds. The number of benzene rings is 6. The summed E-state index contributed by atoms with van der Waals surface area (Å²) in [5.41, 5.74) is 2.81. The van der Waals surface area contributed by atoms with E-state index in [1.54, 1.807) is 24.3 Å². The van der Waals surface area contributed by atoms with Crippen LogP contribution in [0, 0.1) is 45.3 Å². The fourth-order valence-electron chi connectivity index (χ4n) is 6.49. The maximum atomic E-state index is 9.73. The SMILES string of the molecule is N#Cc1cc(C#N)cc(-c2nc(-c3cc(C#N)cc(C#N)c3)nc(-c3cccc([Si](c4ccccc4)(c4ccccc4)c4ccccc4)c3)n2)c1. The van der Waals surface area contributed by atoms with Gasteiger partial charge in [0.25, 0.3) is 0 Å². The molecule has 236 valence electrons. The molecule has 7 rings (SSSR count). The third-order valence-corrected chi connectivity index (χ3v) is 13.5. The molecule has 0 bridgehead atoms. The molecule has 0 aliphatic rings. The Balaban J connectivity index is 1.51. The molecular formula is C43H25N7Si. The van der Waals surface area contributed by atoms with Crippen molar-refractivity contribution >= 4 is 28.8 Å². The normalized spacial score (nSPS) is 10.7. The number of aromatic nitrogens is 3. The molecule has 0 radical (unpaired) electrons. The highest BCUT2D eigenvalue weighted by Gasteiger charge is 2.41. The molecule has 0 N–H and O–H groups in total. The van der Waals surface area contributed by atoms with Crippen molar-refractivity contribution in [2.75, 3.05) is 0 Å². The van der Waals surface area contributed by atoms with Crippen molar-refractivity contribution in [1.29, 1.82) is 21.0 Å². The van der Waals surface area contributed by atoms with Crippen molar-refractivity contribution < 1.29 is 0 Å². The molecule has 0 saturated heterocycles. The molecular weight excluding hydrogens is 643 g/mol. The van der Waals surface area contributed by atoms with Crippen LogP contribution < -0.4 is 20.7 Å². The van der Waals surface area contributed by atoms with E-state index in [9.17, 15) is 21.0 Å². The Hall–Kier alpha value is -7.49. The molecule has 0 unspecified atom stereocenters. The van der Waals surface area contributed by atoms with Gasteiger partial charge in [-0.1, -0.05) is 115 Å². The first kappa shape index (κ1) is 32.1. The topological polar surface area (TPSA) is 134 Å².